The number of hydrogen-bond acceptors (Lipinski definition) is 4. The van der Waals surface area contributed by atoms with E-state index >= 15 is 0 Å². The summed E-state index contributed by atoms with van der Waals surface area (Å²) in [5, 5.41) is 4.99. The van der Waals surface area contributed by atoms with E-state index in [1.54, 1.807) is 24.4 Å². The van der Waals surface area contributed by atoms with E-state index in [9.17, 15) is 14.0 Å². The summed E-state index contributed by atoms with van der Waals surface area (Å²) in [5.74, 6) is -1.10. The lowest BCUT2D eigenvalue weighted by molar-refractivity contribution is -0.115. The first-order valence-corrected chi connectivity index (χ1v) is 9.34. The molecule has 0 aliphatic carbocycles. The standard InChI is InChI=1S/C21H18FNO3S/c1-2-26-21(25)19-17(15-8-10-16(22)11-9-15)13-27-20(19)23-18(24)12-14-6-4-3-5-7-14/h3-11,13H,2,12H2,1H3,(H,23,24). The summed E-state index contributed by atoms with van der Waals surface area (Å²) in [6.45, 7) is 1.93. The fourth-order valence-corrected chi connectivity index (χ4v) is 3.62. The molecule has 6 heteroatoms. The summed E-state index contributed by atoms with van der Waals surface area (Å²) in [6, 6.07) is 15.2. The number of ether oxygens (including phenoxy) is 1. The van der Waals surface area contributed by atoms with Crippen molar-refractivity contribution < 1.29 is 18.7 Å². The molecule has 27 heavy (non-hydrogen) atoms. The van der Waals surface area contributed by atoms with Gasteiger partial charge in [0.2, 0.25) is 5.91 Å². The van der Waals surface area contributed by atoms with Gasteiger partial charge in [-0.15, -0.1) is 11.3 Å². The van der Waals surface area contributed by atoms with Crippen molar-refractivity contribution >= 4 is 28.2 Å². The predicted octanol–water partition coefficient (Wildman–Crippen LogP) is 4.91. The number of amides is 1. The maximum atomic E-state index is 13.2. The van der Waals surface area contributed by atoms with E-state index in [0.717, 1.165) is 5.56 Å². The summed E-state index contributed by atoms with van der Waals surface area (Å²) in [7, 11) is 0. The summed E-state index contributed by atoms with van der Waals surface area (Å²) in [5.41, 5.74) is 2.45. The minimum atomic E-state index is -0.520. The molecule has 1 amide bonds. The van der Waals surface area contributed by atoms with Gasteiger partial charge in [0.15, 0.2) is 0 Å². The van der Waals surface area contributed by atoms with Crippen LogP contribution in [0.4, 0.5) is 9.39 Å². The van der Waals surface area contributed by atoms with Crippen LogP contribution in [0.1, 0.15) is 22.8 Å². The lowest BCUT2D eigenvalue weighted by Crippen LogP contribution is -2.16. The third kappa shape index (κ3) is 4.60. The lowest BCUT2D eigenvalue weighted by atomic mass is 10.0. The van der Waals surface area contributed by atoms with Gasteiger partial charge in [0.05, 0.1) is 13.0 Å². The summed E-state index contributed by atoms with van der Waals surface area (Å²) in [6.07, 6.45) is 0.201. The van der Waals surface area contributed by atoms with Crippen molar-refractivity contribution in [1.29, 1.82) is 0 Å². The van der Waals surface area contributed by atoms with E-state index in [1.165, 1.54) is 23.5 Å². The highest BCUT2D eigenvalue weighted by Crippen LogP contribution is 2.36. The van der Waals surface area contributed by atoms with Crippen LogP contribution in [0.3, 0.4) is 0 Å². The Hall–Kier alpha value is -2.99. The van der Waals surface area contributed by atoms with Crippen molar-refractivity contribution in [3.63, 3.8) is 0 Å². The molecule has 2 aromatic carbocycles. The average Bonchev–Trinajstić information content (AvgIpc) is 3.06. The van der Waals surface area contributed by atoms with E-state index in [-0.39, 0.29) is 30.3 Å². The molecule has 138 valence electrons. The van der Waals surface area contributed by atoms with Gasteiger partial charge in [-0.25, -0.2) is 9.18 Å². The Labute approximate surface area is 160 Å². The molecule has 0 fully saturated rings. The molecule has 0 unspecified atom stereocenters. The molecule has 0 saturated heterocycles. The summed E-state index contributed by atoms with van der Waals surface area (Å²) >= 11 is 1.24. The van der Waals surface area contributed by atoms with Gasteiger partial charge in [0.25, 0.3) is 0 Å². The van der Waals surface area contributed by atoms with Crippen molar-refractivity contribution in [3.8, 4) is 11.1 Å². The molecule has 1 heterocycles. The number of hydrogen-bond donors (Lipinski definition) is 1. The van der Waals surface area contributed by atoms with Gasteiger partial charge in [0.1, 0.15) is 16.4 Å². The van der Waals surface area contributed by atoms with Crippen LogP contribution in [0.2, 0.25) is 0 Å². The Balaban J connectivity index is 1.89. The summed E-state index contributed by atoms with van der Waals surface area (Å²) < 4.78 is 18.4. The van der Waals surface area contributed by atoms with E-state index in [1.807, 2.05) is 30.3 Å². The number of esters is 1. The molecule has 4 nitrogen and oxygen atoms in total. The first-order valence-electron chi connectivity index (χ1n) is 8.46. The molecular weight excluding hydrogens is 365 g/mol. The highest BCUT2D eigenvalue weighted by atomic mass is 32.1. The van der Waals surface area contributed by atoms with Crippen LogP contribution in [-0.2, 0) is 16.0 Å². The number of benzene rings is 2. The van der Waals surface area contributed by atoms with Gasteiger partial charge in [-0.3, -0.25) is 4.79 Å². The second-order valence-corrected chi connectivity index (χ2v) is 6.67. The van der Waals surface area contributed by atoms with Crippen LogP contribution in [0.25, 0.3) is 11.1 Å². The fraction of sp³-hybridized carbons (Fsp3) is 0.143. The van der Waals surface area contributed by atoms with Crippen LogP contribution < -0.4 is 5.32 Å². The van der Waals surface area contributed by atoms with Gasteiger partial charge in [-0.2, -0.15) is 0 Å². The predicted molar refractivity (Wildman–Crippen MR) is 104 cm³/mol. The van der Waals surface area contributed by atoms with Crippen LogP contribution in [-0.4, -0.2) is 18.5 Å². The fourth-order valence-electron chi connectivity index (χ4n) is 2.65. The Morgan fingerprint density at radius 3 is 2.44 bits per heavy atom. The van der Waals surface area contributed by atoms with E-state index in [2.05, 4.69) is 5.32 Å². The van der Waals surface area contributed by atoms with Gasteiger partial charge in [-0.05, 0) is 30.2 Å². The van der Waals surface area contributed by atoms with Crippen molar-refractivity contribution in [3.05, 3.63) is 76.9 Å². The molecule has 3 aromatic rings. The van der Waals surface area contributed by atoms with Crippen LogP contribution in [0.5, 0.6) is 0 Å². The Bertz CT molecular complexity index is 936. The molecule has 0 bridgehead atoms. The number of anilines is 1. The number of rotatable bonds is 6. The minimum absolute atomic E-state index is 0.201. The van der Waals surface area contributed by atoms with E-state index in [0.29, 0.717) is 16.1 Å². The first kappa shape index (κ1) is 18.8. The van der Waals surface area contributed by atoms with Gasteiger partial charge < -0.3 is 10.1 Å². The van der Waals surface area contributed by atoms with E-state index < -0.39 is 5.97 Å². The number of carbonyl (C=O) groups is 2. The molecule has 1 aromatic heterocycles. The van der Waals surface area contributed by atoms with Crippen LogP contribution >= 0.6 is 11.3 Å². The number of thiophene rings is 1. The smallest absolute Gasteiger partial charge is 0.341 e. The second kappa shape index (κ2) is 8.60. The Morgan fingerprint density at radius 2 is 1.78 bits per heavy atom. The van der Waals surface area contributed by atoms with Crippen molar-refractivity contribution in [2.45, 2.75) is 13.3 Å². The van der Waals surface area contributed by atoms with Gasteiger partial charge >= 0.3 is 5.97 Å². The second-order valence-electron chi connectivity index (χ2n) is 5.79. The molecule has 0 spiro atoms. The summed E-state index contributed by atoms with van der Waals surface area (Å²) in [4.78, 5) is 24.9. The van der Waals surface area contributed by atoms with Crippen LogP contribution in [0.15, 0.2) is 60.0 Å². The lowest BCUT2D eigenvalue weighted by Gasteiger charge is -2.09. The quantitative estimate of drug-likeness (QED) is 0.615. The molecule has 0 radical (unpaired) electrons. The minimum Gasteiger partial charge on any atom is -0.462 e. The highest BCUT2D eigenvalue weighted by molar-refractivity contribution is 7.15. The normalized spacial score (nSPS) is 10.4. The third-order valence-corrected chi connectivity index (χ3v) is 4.78. The van der Waals surface area contributed by atoms with Crippen LogP contribution in [0, 0.1) is 5.82 Å². The molecule has 0 aliphatic rings. The molecule has 0 saturated carbocycles. The number of halogens is 1. The molecule has 0 atom stereocenters. The first-order chi connectivity index (χ1) is 13.1. The molecular formula is C21H18FNO3S. The largest absolute Gasteiger partial charge is 0.462 e. The van der Waals surface area contributed by atoms with Crippen molar-refractivity contribution in [2.75, 3.05) is 11.9 Å². The maximum absolute atomic E-state index is 13.2. The third-order valence-electron chi connectivity index (χ3n) is 3.89. The monoisotopic (exact) mass is 383 g/mol. The molecule has 1 N–H and O–H groups in total. The SMILES string of the molecule is CCOC(=O)c1c(-c2ccc(F)cc2)csc1NC(=O)Cc1ccccc1. The number of nitrogens with one attached hydrogen (secondary N) is 1. The van der Waals surface area contributed by atoms with Gasteiger partial charge in [0, 0.05) is 10.9 Å². The highest BCUT2D eigenvalue weighted by Gasteiger charge is 2.22. The maximum Gasteiger partial charge on any atom is 0.341 e. The topological polar surface area (TPSA) is 55.4 Å². The molecule has 3 rings (SSSR count). The molecule has 0 aliphatic heterocycles. The Morgan fingerprint density at radius 1 is 1.07 bits per heavy atom. The zero-order valence-electron chi connectivity index (χ0n) is 14.7. The zero-order valence-corrected chi connectivity index (χ0v) is 15.5. The Kier molecular flexibility index (Phi) is 5.98. The number of carbonyl (C=O) groups excluding carboxylic acids is 2. The van der Waals surface area contributed by atoms with Crippen molar-refractivity contribution in [2.24, 2.45) is 0 Å². The van der Waals surface area contributed by atoms with E-state index in [4.69, 9.17) is 4.74 Å². The van der Waals surface area contributed by atoms with Gasteiger partial charge in [-0.1, -0.05) is 42.5 Å². The average molecular weight is 383 g/mol. The van der Waals surface area contributed by atoms with Crippen molar-refractivity contribution in [1.82, 2.24) is 0 Å². The zero-order chi connectivity index (χ0) is 19.2.